The van der Waals surface area contributed by atoms with Crippen LogP contribution in [0.15, 0.2) is 53.4 Å². The summed E-state index contributed by atoms with van der Waals surface area (Å²) in [5.41, 5.74) is 0.984. The van der Waals surface area contributed by atoms with Gasteiger partial charge in [-0.1, -0.05) is 12.1 Å². The minimum Gasteiger partial charge on any atom is -0.481 e. The Labute approximate surface area is 125 Å². The largest absolute Gasteiger partial charge is 0.481 e. The van der Waals surface area contributed by atoms with Gasteiger partial charge in [-0.3, -0.25) is 0 Å². The minimum absolute atomic E-state index is 0.171. The highest BCUT2D eigenvalue weighted by atomic mass is 32.1. The maximum atomic E-state index is 5.08. The van der Waals surface area contributed by atoms with Crippen LogP contribution in [0.3, 0.4) is 0 Å². The van der Waals surface area contributed by atoms with Gasteiger partial charge in [0.05, 0.1) is 25.0 Å². The maximum absolute atomic E-state index is 5.08. The van der Waals surface area contributed by atoms with E-state index in [1.807, 2.05) is 12.1 Å². The number of nitrogens with zero attached hydrogens (tertiary/aromatic N) is 1. The van der Waals surface area contributed by atoms with E-state index in [4.69, 9.17) is 4.74 Å². The lowest BCUT2D eigenvalue weighted by Gasteiger charge is -2.17. The molecule has 3 nitrogen and oxygen atoms in total. The van der Waals surface area contributed by atoms with Gasteiger partial charge >= 0.3 is 0 Å². The van der Waals surface area contributed by atoms with E-state index in [2.05, 4.69) is 45.3 Å². The number of pyridine rings is 1. The van der Waals surface area contributed by atoms with E-state index < -0.39 is 0 Å². The standard InChI is InChI=1S/C15H14N2OS2/c1-18-14-7-6-11(10-16-14)17-15(12-4-2-8-19-12)13-5-3-9-20-13/h2-10,15,17H,1H3. The second-order valence-corrected chi connectivity index (χ2v) is 6.16. The summed E-state index contributed by atoms with van der Waals surface area (Å²) in [6.07, 6.45) is 1.80. The van der Waals surface area contributed by atoms with Crippen molar-refractivity contribution in [2.24, 2.45) is 0 Å². The van der Waals surface area contributed by atoms with Gasteiger partial charge in [-0.25, -0.2) is 4.98 Å². The third-order valence-corrected chi connectivity index (χ3v) is 4.79. The number of hydrogen-bond acceptors (Lipinski definition) is 5. The highest BCUT2D eigenvalue weighted by Crippen LogP contribution is 2.32. The Morgan fingerprint density at radius 2 is 1.75 bits per heavy atom. The Balaban J connectivity index is 1.86. The number of hydrogen-bond donors (Lipinski definition) is 1. The molecule has 0 aliphatic heterocycles. The molecular formula is C15H14N2OS2. The van der Waals surface area contributed by atoms with E-state index in [0.717, 1.165) is 5.69 Å². The summed E-state index contributed by atoms with van der Waals surface area (Å²) in [5, 5.41) is 7.74. The molecule has 1 N–H and O–H groups in total. The van der Waals surface area contributed by atoms with Crippen LogP contribution in [0.5, 0.6) is 5.88 Å². The van der Waals surface area contributed by atoms with Crippen LogP contribution in [0.2, 0.25) is 0 Å². The van der Waals surface area contributed by atoms with Crippen molar-refractivity contribution < 1.29 is 4.74 Å². The highest BCUT2D eigenvalue weighted by molar-refractivity contribution is 7.11. The molecule has 0 aromatic carbocycles. The molecule has 5 heteroatoms. The van der Waals surface area contributed by atoms with E-state index in [-0.39, 0.29) is 6.04 Å². The molecule has 0 radical (unpaired) electrons. The molecule has 0 spiro atoms. The van der Waals surface area contributed by atoms with Crippen molar-refractivity contribution in [3.8, 4) is 5.88 Å². The lowest BCUT2D eigenvalue weighted by molar-refractivity contribution is 0.398. The smallest absolute Gasteiger partial charge is 0.213 e. The normalized spacial score (nSPS) is 10.7. The molecule has 0 bridgehead atoms. The lowest BCUT2D eigenvalue weighted by Crippen LogP contribution is -2.09. The van der Waals surface area contributed by atoms with E-state index in [0.29, 0.717) is 5.88 Å². The predicted octanol–water partition coefficient (Wildman–Crippen LogP) is 4.41. The van der Waals surface area contributed by atoms with E-state index in [1.165, 1.54) is 9.75 Å². The first-order valence-corrected chi connectivity index (χ1v) is 7.96. The van der Waals surface area contributed by atoms with Crippen molar-refractivity contribution in [3.05, 3.63) is 63.1 Å². The second kappa shape index (κ2) is 6.07. The molecule has 3 heterocycles. The number of rotatable bonds is 5. The lowest BCUT2D eigenvalue weighted by atomic mass is 10.2. The summed E-state index contributed by atoms with van der Waals surface area (Å²) in [5.74, 6) is 0.624. The van der Waals surface area contributed by atoms with E-state index in [1.54, 1.807) is 36.0 Å². The van der Waals surface area contributed by atoms with Crippen LogP contribution in [0.4, 0.5) is 5.69 Å². The molecule has 20 heavy (non-hydrogen) atoms. The predicted molar refractivity (Wildman–Crippen MR) is 84.9 cm³/mol. The Bertz CT molecular complexity index is 599. The van der Waals surface area contributed by atoms with Crippen LogP contribution < -0.4 is 10.1 Å². The van der Waals surface area contributed by atoms with Gasteiger partial charge in [0.25, 0.3) is 0 Å². The molecule has 3 aromatic rings. The number of thiophene rings is 2. The quantitative estimate of drug-likeness (QED) is 0.758. The first-order chi connectivity index (χ1) is 9.86. The van der Waals surface area contributed by atoms with E-state index >= 15 is 0 Å². The summed E-state index contributed by atoms with van der Waals surface area (Å²) in [4.78, 5) is 6.82. The van der Waals surface area contributed by atoms with Gasteiger partial charge in [-0.05, 0) is 29.0 Å². The number of anilines is 1. The number of nitrogens with one attached hydrogen (secondary N) is 1. The van der Waals surface area contributed by atoms with E-state index in [9.17, 15) is 0 Å². The van der Waals surface area contributed by atoms with Gasteiger partial charge in [0, 0.05) is 15.8 Å². The molecule has 102 valence electrons. The molecule has 0 aliphatic carbocycles. The van der Waals surface area contributed by atoms with Crippen LogP contribution in [-0.4, -0.2) is 12.1 Å². The van der Waals surface area contributed by atoms with Crippen molar-refractivity contribution in [1.82, 2.24) is 4.98 Å². The van der Waals surface area contributed by atoms with Crippen molar-refractivity contribution >= 4 is 28.4 Å². The molecule has 0 unspecified atom stereocenters. The molecule has 0 aliphatic rings. The summed E-state index contributed by atoms with van der Waals surface area (Å²) < 4.78 is 5.08. The third kappa shape index (κ3) is 2.84. The van der Waals surface area contributed by atoms with Crippen LogP contribution >= 0.6 is 22.7 Å². The van der Waals surface area contributed by atoms with Gasteiger partial charge in [0.15, 0.2) is 0 Å². The highest BCUT2D eigenvalue weighted by Gasteiger charge is 2.16. The van der Waals surface area contributed by atoms with Crippen LogP contribution in [0.25, 0.3) is 0 Å². The number of aromatic nitrogens is 1. The average Bonchev–Trinajstić information content (AvgIpc) is 3.19. The van der Waals surface area contributed by atoms with Crippen LogP contribution in [0, 0.1) is 0 Å². The summed E-state index contributed by atoms with van der Waals surface area (Å²) in [6.45, 7) is 0. The van der Waals surface area contributed by atoms with Crippen LogP contribution in [0.1, 0.15) is 15.8 Å². The van der Waals surface area contributed by atoms with Crippen molar-refractivity contribution in [1.29, 1.82) is 0 Å². The van der Waals surface area contributed by atoms with Crippen LogP contribution in [-0.2, 0) is 0 Å². The molecule has 0 atom stereocenters. The van der Waals surface area contributed by atoms with Gasteiger partial charge < -0.3 is 10.1 Å². The summed E-state index contributed by atoms with van der Waals surface area (Å²) in [6, 6.07) is 12.5. The maximum Gasteiger partial charge on any atom is 0.213 e. The Morgan fingerprint density at radius 3 is 2.20 bits per heavy atom. The Morgan fingerprint density at radius 1 is 1.05 bits per heavy atom. The average molecular weight is 302 g/mol. The minimum atomic E-state index is 0.171. The van der Waals surface area contributed by atoms with Gasteiger partial charge in [0.2, 0.25) is 5.88 Å². The zero-order valence-corrected chi connectivity index (χ0v) is 12.6. The molecule has 0 amide bonds. The van der Waals surface area contributed by atoms with Crippen molar-refractivity contribution in [2.75, 3.05) is 12.4 Å². The molecule has 0 saturated heterocycles. The van der Waals surface area contributed by atoms with Gasteiger partial charge in [-0.2, -0.15) is 0 Å². The topological polar surface area (TPSA) is 34.1 Å². The fourth-order valence-corrected chi connectivity index (χ4v) is 3.61. The first kappa shape index (κ1) is 13.1. The fourth-order valence-electron chi connectivity index (χ4n) is 1.95. The first-order valence-electron chi connectivity index (χ1n) is 6.20. The monoisotopic (exact) mass is 302 g/mol. The summed E-state index contributed by atoms with van der Waals surface area (Å²) in [7, 11) is 1.62. The summed E-state index contributed by atoms with van der Waals surface area (Å²) >= 11 is 3.51. The Kier molecular flexibility index (Phi) is 3.99. The van der Waals surface area contributed by atoms with Gasteiger partial charge in [-0.15, -0.1) is 22.7 Å². The second-order valence-electron chi connectivity index (χ2n) is 4.20. The molecule has 3 rings (SSSR count). The third-order valence-electron chi connectivity index (χ3n) is 2.91. The Hall–Kier alpha value is -1.85. The van der Waals surface area contributed by atoms with Gasteiger partial charge in [0.1, 0.15) is 0 Å². The molecule has 0 saturated carbocycles. The zero-order valence-electron chi connectivity index (χ0n) is 10.9. The zero-order chi connectivity index (χ0) is 13.8. The molecule has 3 aromatic heterocycles. The van der Waals surface area contributed by atoms with Crippen molar-refractivity contribution in [2.45, 2.75) is 6.04 Å². The fraction of sp³-hybridized carbons (Fsp3) is 0.133. The number of methoxy groups -OCH3 is 1. The SMILES string of the molecule is COc1ccc(NC(c2cccs2)c2cccs2)cn1. The molecular weight excluding hydrogens is 288 g/mol. The number of ether oxygens (including phenoxy) is 1. The molecule has 0 fully saturated rings. The van der Waals surface area contributed by atoms with Crippen molar-refractivity contribution in [3.63, 3.8) is 0 Å².